The van der Waals surface area contributed by atoms with Gasteiger partial charge in [-0.25, -0.2) is 4.99 Å². The summed E-state index contributed by atoms with van der Waals surface area (Å²) < 4.78 is 13.8. The SMILES string of the molecule is COc1ccc(C2C3=C(N=c4sc(=Cc5cc(I)c(O)c(OC)c5)c(=O)n42)c2ccccc2CC3)cc1. The van der Waals surface area contributed by atoms with Crippen LogP contribution in [0, 0.1) is 3.57 Å². The number of phenols is 1. The number of nitrogens with zero attached hydrogens (tertiary/aromatic N) is 2. The molecule has 2 aliphatic rings. The first-order valence-corrected chi connectivity index (χ1v) is 13.7. The van der Waals surface area contributed by atoms with Crippen LogP contribution in [0.2, 0.25) is 0 Å². The highest BCUT2D eigenvalue weighted by Crippen LogP contribution is 2.41. The van der Waals surface area contributed by atoms with Crippen LogP contribution in [0.4, 0.5) is 0 Å². The standard InChI is InChI=1S/C29H23IN2O4S/c1-35-19-10-7-18(8-11-19)26-21-12-9-17-5-3-4-6-20(17)25(21)31-29-32(26)28(34)24(37-29)15-16-13-22(30)27(33)23(14-16)36-2/h3-8,10-11,13-15,26,33H,9,12H2,1-2H3. The number of hydrogen-bond donors (Lipinski definition) is 1. The summed E-state index contributed by atoms with van der Waals surface area (Å²) in [5, 5.41) is 10.2. The van der Waals surface area contributed by atoms with Crippen molar-refractivity contribution in [3.8, 4) is 17.2 Å². The van der Waals surface area contributed by atoms with Gasteiger partial charge in [-0.15, -0.1) is 0 Å². The molecule has 0 bridgehead atoms. The quantitative estimate of drug-likeness (QED) is 0.337. The van der Waals surface area contributed by atoms with Gasteiger partial charge in [0.15, 0.2) is 16.3 Å². The molecule has 0 amide bonds. The van der Waals surface area contributed by atoms with Crippen molar-refractivity contribution in [1.29, 1.82) is 0 Å². The molecule has 0 radical (unpaired) electrons. The fraction of sp³-hybridized carbons (Fsp3) is 0.172. The van der Waals surface area contributed by atoms with E-state index >= 15 is 0 Å². The summed E-state index contributed by atoms with van der Waals surface area (Å²) in [5.41, 5.74) is 6.26. The lowest BCUT2D eigenvalue weighted by Gasteiger charge is -2.30. The smallest absolute Gasteiger partial charge is 0.271 e. The molecule has 0 saturated heterocycles. The number of rotatable bonds is 4. The summed E-state index contributed by atoms with van der Waals surface area (Å²) in [6.45, 7) is 0. The van der Waals surface area contributed by atoms with Crippen molar-refractivity contribution in [3.63, 3.8) is 0 Å². The van der Waals surface area contributed by atoms with Gasteiger partial charge < -0.3 is 14.6 Å². The van der Waals surface area contributed by atoms with E-state index in [1.54, 1.807) is 13.2 Å². The monoisotopic (exact) mass is 622 g/mol. The molecule has 1 unspecified atom stereocenters. The first-order valence-electron chi connectivity index (χ1n) is 11.8. The Bertz CT molecular complexity index is 1750. The molecule has 3 aromatic carbocycles. The van der Waals surface area contributed by atoms with Crippen molar-refractivity contribution >= 4 is 45.7 Å². The molecular formula is C29H23IN2O4S. The molecule has 1 atom stereocenters. The predicted octanol–water partition coefficient (Wildman–Crippen LogP) is 4.65. The lowest BCUT2D eigenvalue weighted by molar-refractivity contribution is 0.371. The van der Waals surface area contributed by atoms with Gasteiger partial charge in [0.1, 0.15) is 5.75 Å². The van der Waals surface area contributed by atoms with E-state index in [2.05, 4.69) is 40.8 Å². The Kier molecular flexibility index (Phi) is 6.16. The van der Waals surface area contributed by atoms with Crippen LogP contribution in [0.25, 0.3) is 11.8 Å². The average molecular weight is 622 g/mol. The van der Waals surface area contributed by atoms with Crippen LogP contribution in [0.15, 0.2) is 76.0 Å². The molecule has 0 saturated carbocycles. The minimum atomic E-state index is -0.248. The highest BCUT2D eigenvalue weighted by molar-refractivity contribution is 14.1. The summed E-state index contributed by atoms with van der Waals surface area (Å²) >= 11 is 3.44. The maximum Gasteiger partial charge on any atom is 0.271 e. The van der Waals surface area contributed by atoms with Crippen LogP contribution in [-0.2, 0) is 6.42 Å². The Labute approximate surface area is 231 Å². The zero-order valence-corrected chi connectivity index (χ0v) is 23.2. The molecule has 4 aromatic rings. The van der Waals surface area contributed by atoms with E-state index in [0.717, 1.165) is 46.6 Å². The molecule has 37 heavy (non-hydrogen) atoms. The first kappa shape index (κ1) is 24.0. The van der Waals surface area contributed by atoms with Gasteiger partial charge in [-0.1, -0.05) is 47.7 Å². The van der Waals surface area contributed by atoms with Crippen molar-refractivity contribution < 1.29 is 14.6 Å². The van der Waals surface area contributed by atoms with E-state index in [9.17, 15) is 9.90 Å². The number of aromatic nitrogens is 1. The summed E-state index contributed by atoms with van der Waals surface area (Å²) in [4.78, 5) is 19.6. The Morgan fingerprint density at radius 3 is 2.62 bits per heavy atom. The van der Waals surface area contributed by atoms with Crippen molar-refractivity contribution in [2.75, 3.05) is 14.2 Å². The van der Waals surface area contributed by atoms with Gasteiger partial charge in [-0.3, -0.25) is 9.36 Å². The zero-order chi connectivity index (χ0) is 25.7. The topological polar surface area (TPSA) is 73.1 Å². The van der Waals surface area contributed by atoms with E-state index in [1.807, 2.05) is 47.0 Å². The van der Waals surface area contributed by atoms with Gasteiger partial charge in [0.2, 0.25) is 0 Å². The van der Waals surface area contributed by atoms with E-state index < -0.39 is 0 Å². The van der Waals surface area contributed by atoms with Gasteiger partial charge in [0.05, 0.1) is 34.1 Å². The molecule has 1 aliphatic carbocycles. The number of aryl methyl sites for hydroxylation is 1. The number of methoxy groups -OCH3 is 2. The largest absolute Gasteiger partial charge is 0.504 e. The van der Waals surface area contributed by atoms with E-state index in [4.69, 9.17) is 14.5 Å². The molecule has 8 heteroatoms. The molecular weight excluding hydrogens is 599 g/mol. The molecule has 1 N–H and O–H groups in total. The van der Waals surface area contributed by atoms with Gasteiger partial charge in [-0.05, 0) is 88.0 Å². The third kappa shape index (κ3) is 4.08. The predicted molar refractivity (Wildman–Crippen MR) is 153 cm³/mol. The number of thiazole rings is 1. The molecule has 6 nitrogen and oxygen atoms in total. The molecule has 6 rings (SSSR count). The van der Waals surface area contributed by atoms with Crippen molar-refractivity contribution in [2.45, 2.75) is 18.9 Å². The number of phenolic OH excluding ortho intramolecular Hbond substituents is 1. The third-order valence-electron chi connectivity index (χ3n) is 6.87. The second kappa shape index (κ2) is 9.50. The number of fused-ring (bicyclic) bond motifs is 3. The zero-order valence-electron chi connectivity index (χ0n) is 20.2. The second-order valence-corrected chi connectivity index (χ2v) is 11.1. The molecule has 186 valence electrons. The fourth-order valence-electron chi connectivity index (χ4n) is 5.09. The Morgan fingerprint density at radius 1 is 1.08 bits per heavy atom. The lowest BCUT2D eigenvalue weighted by Crippen LogP contribution is -2.38. The minimum Gasteiger partial charge on any atom is -0.504 e. The van der Waals surface area contributed by atoms with E-state index in [-0.39, 0.29) is 17.4 Å². The summed E-state index contributed by atoms with van der Waals surface area (Å²) in [7, 11) is 3.16. The van der Waals surface area contributed by atoms with Crippen LogP contribution in [0.5, 0.6) is 17.2 Å². The first-order chi connectivity index (χ1) is 18.0. The van der Waals surface area contributed by atoms with Crippen LogP contribution in [0.3, 0.4) is 0 Å². The fourth-order valence-corrected chi connectivity index (χ4v) is 6.72. The van der Waals surface area contributed by atoms with Crippen molar-refractivity contribution in [1.82, 2.24) is 4.57 Å². The highest BCUT2D eigenvalue weighted by atomic mass is 127. The van der Waals surface area contributed by atoms with Crippen molar-refractivity contribution in [2.24, 2.45) is 4.99 Å². The number of aromatic hydroxyl groups is 1. The van der Waals surface area contributed by atoms with E-state index in [1.165, 1.54) is 24.0 Å². The van der Waals surface area contributed by atoms with Gasteiger partial charge in [-0.2, -0.15) is 0 Å². The van der Waals surface area contributed by atoms with Gasteiger partial charge in [0, 0.05) is 5.56 Å². The summed E-state index contributed by atoms with van der Waals surface area (Å²) in [6.07, 6.45) is 3.59. The lowest BCUT2D eigenvalue weighted by atomic mass is 9.83. The molecule has 2 heterocycles. The Hall–Kier alpha value is -3.37. The third-order valence-corrected chi connectivity index (χ3v) is 8.68. The Morgan fingerprint density at radius 2 is 1.86 bits per heavy atom. The number of allylic oxidation sites excluding steroid dienone is 1. The highest BCUT2D eigenvalue weighted by Gasteiger charge is 2.32. The van der Waals surface area contributed by atoms with Crippen molar-refractivity contribution in [3.05, 3.63) is 112 Å². The minimum absolute atomic E-state index is 0.0861. The maximum absolute atomic E-state index is 13.9. The number of benzene rings is 3. The average Bonchev–Trinajstić information content (AvgIpc) is 3.23. The van der Waals surface area contributed by atoms with E-state index in [0.29, 0.717) is 18.7 Å². The van der Waals surface area contributed by atoms with Crippen LogP contribution in [0.1, 0.15) is 34.7 Å². The summed E-state index contributed by atoms with van der Waals surface area (Å²) in [6, 6.07) is 19.6. The molecule has 0 fully saturated rings. The van der Waals surface area contributed by atoms with Crippen LogP contribution in [-0.4, -0.2) is 23.9 Å². The van der Waals surface area contributed by atoms with Gasteiger partial charge >= 0.3 is 0 Å². The molecule has 0 spiro atoms. The number of halogens is 1. The summed E-state index contributed by atoms with van der Waals surface area (Å²) in [5.74, 6) is 1.23. The second-order valence-electron chi connectivity index (χ2n) is 8.94. The number of hydrogen-bond acceptors (Lipinski definition) is 6. The van der Waals surface area contributed by atoms with Gasteiger partial charge in [0.25, 0.3) is 5.56 Å². The molecule has 1 aromatic heterocycles. The maximum atomic E-state index is 13.9. The Balaban J connectivity index is 1.59. The van der Waals surface area contributed by atoms with Crippen LogP contribution >= 0.6 is 33.9 Å². The number of ether oxygens (including phenoxy) is 2. The normalized spacial score (nSPS) is 16.5. The van der Waals surface area contributed by atoms with Crippen LogP contribution < -0.4 is 24.4 Å². The molecule has 1 aliphatic heterocycles.